The summed E-state index contributed by atoms with van der Waals surface area (Å²) in [4.78, 5) is 25.3. The van der Waals surface area contributed by atoms with Crippen LogP contribution >= 0.6 is 11.3 Å². The van der Waals surface area contributed by atoms with Gasteiger partial charge in [-0.3, -0.25) is 9.89 Å². The fourth-order valence-corrected chi connectivity index (χ4v) is 4.70. The number of fused-ring (bicyclic) bond motifs is 1. The molecule has 0 atom stereocenters. The normalized spacial score (nSPS) is 14.2. The van der Waals surface area contributed by atoms with Crippen LogP contribution in [-0.4, -0.2) is 70.9 Å². The second-order valence-corrected chi connectivity index (χ2v) is 8.54. The molecule has 5 rings (SSSR count). The first-order chi connectivity index (χ1) is 15.7. The van der Waals surface area contributed by atoms with Crippen LogP contribution in [-0.2, 0) is 9.53 Å². The van der Waals surface area contributed by atoms with E-state index in [2.05, 4.69) is 31.5 Å². The third-order valence-corrected chi connectivity index (χ3v) is 6.40. The van der Waals surface area contributed by atoms with Crippen molar-refractivity contribution in [1.82, 2.24) is 25.1 Å². The largest absolute Gasteiger partial charge is 0.375 e. The minimum Gasteiger partial charge on any atom is -0.375 e. The Morgan fingerprint density at radius 1 is 1.19 bits per heavy atom. The number of hydrogen-bond acceptors (Lipinski definition) is 8. The van der Waals surface area contributed by atoms with E-state index in [0.717, 1.165) is 51.1 Å². The molecule has 1 aliphatic heterocycles. The molecule has 1 fully saturated rings. The zero-order chi connectivity index (χ0) is 21.9. The molecule has 32 heavy (non-hydrogen) atoms. The van der Waals surface area contributed by atoms with Gasteiger partial charge >= 0.3 is 0 Å². The van der Waals surface area contributed by atoms with Crippen LogP contribution < -0.4 is 10.2 Å². The number of aromatic nitrogens is 4. The van der Waals surface area contributed by atoms with Crippen LogP contribution in [0, 0.1) is 0 Å². The second kappa shape index (κ2) is 8.93. The molecule has 0 unspecified atom stereocenters. The first-order valence-corrected chi connectivity index (χ1v) is 11.2. The molecule has 1 saturated heterocycles. The van der Waals surface area contributed by atoms with E-state index >= 15 is 0 Å². The summed E-state index contributed by atoms with van der Waals surface area (Å²) in [7, 11) is 1.55. The van der Waals surface area contributed by atoms with Crippen molar-refractivity contribution in [3.05, 3.63) is 48.9 Å². The highest BCUT2D eigenvalue weighted by atomic mass is 32.1. The number of rotatable bonds is 6. The summed E-state index contributed by atoms with van der Waals surface area (Å²) in [6.45, 7) is 3.05. The number of nitrogens with one attached hydrogen (secondary N) is 2. The second-order valence-electron chi connectivity index (χ2n) is 7.51. The molecule has 9 nitrogen and oxygen atoms in total. The molecule has 1 aliphatic rings. The SMILES string of the molecule is COCC(=O)N1CCN(c2ccnc(Nc3nc4ccc(-c5cn[nH]c5)cc4s3)c2)CC1. The molecule has 2 N–H and O–H groups in total. The Balaban J connectivity index is 1.28. The molecular formula is C22H23N7O2S. The number of thiazole rings is 1. The lowest BCUT2D eigenvalue weighted by Crippen LogP contribution is -2.49. The Kier molecular flexibility index (Phi) is 5.70. The Hall–Kier alpha value is -3.50. The van der Waals surface area contributed by atoms with Gasteiger partial charge in [-0.1, -0.05) is 17.4 Å². The van der Waals surface area contributed by atoms with Crippen LogP contribution in [0.25, 0.3) is 21.3 Å². The number of anilines is 3. The third-order valence-electron chi connectivity index (χ3n) is 5.46. The van der Waals surface area contributed by atoms with Gasteiger partial charge in [-0.25, -0.2) is 9.97 Å². The highest BCUT2D eigenvalue weighted by Crippen LogP contribution is 2.32. The molecule has 10 heteroatoms. The summed E-state index contributed by atoms with van der Waals surface area (Å²) in [6.07, 6.45) is 5.48. The van der Waals surface area contributed by atoms with Gasteiger partial charge < -0.3 is 19.9 Å². The maximum Gasteiger partial charge on any atom is 0.248 e. The third kappa shape index (κ3) is 4.27. The molecule has 0 radical (unpaired) electrons. The van der Waals surface area contributed by atoms with Crippen molar-refractivity contribution in [3.8, 4) is 11.1 Å². The molecule has 0 spiro atoms. The number of carbonyl (C=O) groups excluding carboxylic acids is 1. The van der Waals surface area contributed by atoms with Crippen molar-refractivity contribution in [3.63, 3.8) is 0 Å². The number of hydrogen-bond donors (Lipinski definition) is 2. The number of amides is 1. The minimum atomic E-state index is 0.0380. The van der Waals surface area contributed by atoms with E-state index in [0.29, 0.717) is 13.1 Å². The number of methoxy groups -OCH3 is 1. The van der Waals surface area contributed by atoms with E-state index in [-0.39, 0.29) is 12.5 Å². The van der Waals surface area contributed by atoms with Gasteiger partial charge in [0, 0.05) is 63.0 Å². The lowest BCUT2D eigenvalue weighted by molar-refractivity contribution is -0.135. The standard InChI is InChI=1S/C22H23N7O2S/c1-31-14-21(30)29-8-6-28(7-9-29)17-4-5-23-20(11-17)27-22-26-18-3-2-15(10-19(18)32-22)16-12-24-25-13-16/h2-5,10-13H,6-9,14H2,1H3,(H,24,25)(H,23,26,27). The summed E-state index contributed by atoms with van der Waals surface area (Å²) in [5.41, 5.74) is 4.17. The predicted octanol–water partition coefficient (Wildman–Crippen LogP) is 3.12. The zero-order valence-corrected chi connectivity index (χ0v) is 18.4. The molecule has 4 aromatic rings. The fourth-order valence-electron chi connectivity index (χ4n) is 3.79. The van der Waals surface area contributed by atoms with E-state index in [1.54, 1.807) is 24.6 Å². The van der Waals surface area contributed by atoms with E-state index in [1.165, 1.54) is 0 Å². The summed E-state index contributed by atoms with van der Waals surface area (Å²) in [6, 6.07) is 10.2. The van der Waals surface area contributed by atoms with Gasteiger partial charge in [-0.15, -0.1) is 0 Å². The van der Waals surface area contributed by atoms with E-state index in [1.807, 2.05) is 41.6 Å². The van der Waals surface area contributed by atoms with Crippen LogP contribution in [0.1, 0.15) is 0 Å². The number of carbonyl (C=O) groups is 1. The van der Waals surface area contributed by atoms with E-state index in [4.69, 9.17) is 9.72 Å². The van der Waals surface area contributed by atoms with Crippen molar-refractivity contribution in [2.45, 2.75) is 0 Å². The van der Waals surface area contributed by atoms with Crippen molar-refractivity contribution in [1.29, 1.82) is 0 Å². The maximum absolute atomic E-state index is 12.0. The van der Waals surface area contributed by atoms with E-state index < -0.39 is 0 Å². The Morgan fingerprint density at radius 2 is 2.06 bits per heavy atom. The number of aromatic amines is 1. The van der Waals surface area contributed by atoms with Gasteiger partial charge in [0.05, 0.1) is 16.4 Å². The van der Waals surface area contributed by atoms with Gasteiger partial charge in [0.15, 0.2) is 5.13 Å². The average Bonchev–Trinajstić information content (AvgIpc) is 3.49. The van der Waals surface area contributed by atoms with Crippen LogP contribution in [0.3, 0.4) is 0 Å². The monoisotopic (exact) mass is 449 g/mol. The first-order valence-electron chi connectivity index (χ1n) is 10.3. The Bertz CT molecular complexity index is 1220. The highest BCUT2D eigenvalue weighted by Gasteiger charge is 2.21. The molecular weight excluding hydrogens is 426 g/mol. The van der Waals surface area contributed by atoms with Gasteiger partial charge in [-0.2, -0.15) is 5.10 Å². The molecule has 4 heterocycles. The molecule has 3 aromatic heterocycles. The molecule has 0 bridgehead atoms. The number of benzene rings is 1. The summed E-state index contributed by atoms with van der Waals surface area (Å²) >= 11 is 1.59. The maximum atomic E-state index is 12.0. The number of pyridine rings is 1. The van der Waals surface area contributed by atoms with Gasteiger partial charge in [-0.05, 0) is 23.8 Å². The summed E-state index contributed by atoms with van der Waals surface area (Å²) in [5.74, 6) is 0.783. The summed E-state index contributed by atoms with van der Waals surface area (Å²) in [5, 5.41) is 11.0. The van der Waals surface area contributed by atoms with Crippen LogP contribution in [0.2, 0.25) is 0 Å². The predicted molar refractivity (Wildman–Crippen MR) is 125 cm³/mol. The Labute approximate surface area is 189 Å². The van der Waals surface area contributed by atoms with Crippen molar-refractivity contribution in [2.75, 3.05) is 50.1 Å². The van der Waals surface area contributed by atoms with Crippen LogP contribution in [0.4, 0.5) is 16.6 Å². The van der Waals surface area contributed by atoms with Crippen LogP contribution in [0.5, 0.6) is 0 Å². The fraction of sp³-hybridized carbons (Fsp3) is 0.273. The van der Waals surface area contributed by atoms with Gasteiger partial charge in [0.2, 0.25) is 5.91 Å². The molecule has 1 amide bonds. The van der Waals surface area contributed by atoms with Crippen molar-refractivity contribution in [2.24, 2.45) is 0 Å². The quantitative estimate of drug-likeness (QED) is 0.467. The molecule has 1 aromatic carbocycles. The smallest absolute Gasteiger partial charge is 0.248 e. The lowest BCUT2D eigenvalue weighted by atomic mass is 10.1. The number of nitrogens with zero attached hydrogens (tertiary/aromatic N) is 5. The highest BCUT2D eigenvalue weighted by molar-refractivity contribution is 7.22. The molecule has 0 saturated carbocycles. The van der Waals surface area contributed by atoms with Crippen LogP contribution in [0.15, 0.2) is 48.9 Å². The number of ether oxygens (including phenoxy) is 1. The van der Waals surface area contributed by atoms with Gasteiger partial charge in [0.1, 0.15) is 12.4 Å². The lowest BCUT2D eigenvalue weighted by Gasteiger charge is -2.36. The number of piperazine rings is 1. The average molecular weight is 450 g/mol. The molecule has 0 aliphatic carbocycles. The Morgan fingerprint density at radius 3 is 2.84 bits per heavy atom. The zero-order valence-electron chi connectivity index (χ0n) is 17.6. The minimum absolute atomic E-state index is 0.0380. The topological polar surface area (TPSA) is 99.3 Å². The first kappa shape index (κ1) is 20.4. The van der Waals surface area contributed by atoms with Crippen molar-refractivity contribution >= 4 is 44.1 Å². The van der Waals surface area contributed by atoms with E-state index in [9.17, 15) is 4.79 Å². The van der Waals surface area contributed by atoms with Crippen molar-refractivity contribution < 1.29 is 9.53 Å². The summed E-state index contributed by atoms with van der Waals surface area (Å²) < 4.78 is 6.05. The number of H-pyrrole nitrogens is 1. The molecule has 164 valence electrons. The van der Waals surface area contributed by atoms with Gasteiger partial charge in [0.25, 0.3) is 0 Å².